The molecule has 0 spiro atoms. The van der Waals surface area contributed by atoms with E-state index in [2.05, 4.69) is 4.90 Å². The zero-order valence-electron chi connectivity index (χ0n) is 12.6. The van der Waals surface area contributed by atoms with Gasteiger partial charge >= 0.3 is 6.09 Å². The fraction of sp³-hybridized carbons (Fsp3) is 0.562. The molecule has 0 saturated carbocycles. The van der Waals surface area contributed by atoms with Crippen molar-refractivity contribution in [2.45, 2.75) is 25.5 Å². The van der Waals surface area contributed by atoms with Crippen LogP contribution in [0.25, 0.3) is 0 Å². The van der Waals surface area contributed by atoms with Crippen LogP contribution < -0.4 is 0 Å². The lowest BCUT2D eigenvalue weighted by Crippen LogP contribution is -2.42. The van der Waals surface area contributed by atoms with E-state index in [1.807, 2.05) is 30.3 Å². The third kappa shape index (κ3) is 4.72. The Labute approximate surface area is 126 Å². The second-order valence-electron chi connectivity index (χ2n) is 5.48. The topological polar surface area (TPSA) is 53.0 Å². The van der Waals surface area contributed by atoms with Crippen LogP contribution in [0.2, 0.25) is 0 Å². The minimum Gasteiger partial charge on any atom is -0.445 e. The number of amides is 1. The molecule has 0 bridgehead atoms. The van der Waals surface area contributed by atoms with E-state index in [0.717, 1.165) is 24.9 Å². The van der Waals surface area contributed by atoms with Crippen LogP contribution in [-0.2, 0) is 11.3 Å². The van der Waals surface area contributed by atoms with Gasteiger partial charge in [0.25, 0.3) is 0 Å². The monoisotopic (exact) mass is 292 g/mol. The molecule has 5 heteroatoms. The number of β-amino-alcohol motifs (C(OH)–C–C–N with tert-alkyl or cyclic N) is 1. The second-order valence-corrected chi connectivity index (χ2v) is 5.48. The van der Waals surface area contributed by atoms with Crippen molar-refractivity contribution in [2.24, 2.45) is 0 Å². The first-order valence-corrected chi connectivity index (χ1v) is 7.47. The maximum Gasteiger partial charge on any atom is 0.409 e. The summed E-state index contributed by atoms with van der Waals surface area (Å²) in [6, 6.07) is 10.00. The van der Waals surface area contributed by atoms with Crippen LogP contribution in [0.5, 0.6) is 0 Å². The molecule has 1 aromatic rings. The number of likely N-dealkylation sites (N-methyl/N-ethyl adjacent to an activating group) is 1. The average Bonchev–Trinajstić information content (AvgIpc) is 2.93. The summed E-state index contributed by atoms with van der Waals surface area (Å²) < 4.78 is 5.31. The Morgan fingerprint density at radius 1 is 1.43 bits per heavy atom. The number of nitrogens with zero attached hydrogens (tertiary/aromatic N) is 2. The SMILES string of the molecule is CN(C[C@@H]1CCCN1CCO)C(=O)OCc1ccccc1. The highest BCUT2D eigenvalue weighted by Gasteiger charge is 2.26. The number of likely N-dealkylation sites (tertiary alicyclic amines) is 1. The molecule has 0 radical (unpaired) electrons. The zero-order valence-corrected chi connectivity index (χ0v) is 12.6. The molecule has 1 N–H and O–H groups in total. The molecule has 2 rings (SSSR count). The van der Waals surface area contributed by atoms with E-state index in [-0.39, 0.29) is 12.7 Å². The van der Waals surface area contributed by atoms with Gasteiger partial charge in [0.1, 0.15) is 6.61 Å². The van der Waals surface area contributed by atoms with Gasteiger partial charge in [-0.3, -0.25) is 4.90 Å². The number of rotatable bonds is 6. The van der Waals surface area contributed by atoms with E-state index in [1.54, 1.807) is 11.9 Å². The number of ether oxygens (including phenoxy) is 1. The lowest BCUT2D eigenvalue weighted by atomic mass is 10.2. The normalized spacial score (nSPS) is 18.7. The molecule has 1 fully saturated rings. The van der Waals surface area contributed by atoms with E-state index < -0.39 is 0 Å². The first-order chi connectivity index (χ1) is 10.2. The Morgan fingerprint density at radius 2 is 2.19 bits per heavy atom. The third-order valence-electron chi connectivity index (χ3n) is 3.89. The van der Waals surface area contributed by atoms with Gasteiger partial charge in [-0.05, 0) is 24.9 Å². The summed E-state index contributed by atoms with van der Waals surface area (Å²) in [6.45, 7) is 2.79. The molecule has 1 amide bonds. The summed E-state index contributed by atoms with van der Waals surface area (Å²) in [5.74, 6) is 0. The Hall–Kier alpha value is -1.59. The smallest absolute Gasteiger partial charge is 0.409 e. The molecule has 0 aliphatic carbocycles. The summed E-state index contributed by atoms with van der Waals surface area (Å²) in [6.07, 6.45) is 1.89. The fourth-order valence-electron chi connectivity index (χ4n) is 2.74. The Bertz CT molecular complexity index is 438. The van der Waals surface area contributed by atoms with E-state index in [4.69, 9.17) is 9.84 Å². The molecule has 1 heterocycles. The molecule has 5 nitrogen and oxygen atoms in total. The van der Waals surface area contributed by atoms with E-state index in [9.17, 15) is 4.79 Å². The molecule has 0 aromatic heterocycles. The number of carbonyl (C=O) groups is 1. The van der Waals surface area contributed by atoms with Gasteiger partial charge in [-0.25, -0.2) is 4.79 Å². The highest BCUT2D eigenvalue weighted by molar-refractivity contribution is 5.67. The summed E-state index contributed by atoms with van der Waals surface area (Å²) in [7, 11) is 1.77. The summed E-state index contributed by atoms with van der Waals surface area (Å²) in [5.41, 5.74) is 0.988. The van der Waals surface area contributed by atoms with Gasteiger partial charge in [0, 0.05) is 26.2 Å². The second kappa shape index (κ2) is 8.00. The zero-order chi connectivity index (χ0) is 15.1. The van der Waals surface area contributed by atoms with Gasteiger partial charge < -0.3 is 14.7 Å². The molecule has 1 aliphatic heterocycles. The van der Waals surface area contributed by atoms with Crippen LogP contribution in [0, 0.1) is 0 Å². The Balaban J connectivity index is 1.77. The van der Waals surface area contributed by atoms with E-state index in [1.165, 1.54) is 0 Å². The molecule has 116 valence electrons. The van der Waals surface area contributed by atoms with Gasteiger partial charge in [-0.1, -0.05) is 30.3 Å². The highest BCUT2D eigenvalue weighted by atomic mass is 16.6. The molecular weight excluding hydrogens is 268 g/mol. The van der Waals surface area contributed by atoms with Crippen molar-refractivity contribution in [1.29, 1.82) is 0 Å². The average molecular weight is 292 g/mol. The van der Waals surface area contributed by atoms with E-state index in [0.29, 0.717) is 25.7 Å². The number of hydrogen-bond acceptors (Lipinski definition) is 4. The molecule has 1 aromatic carbocycles. The van der Waals surface area contributed by atoms with Crippen molar-refractivity contribution in [1.82, 2.24) is 9.80 Å². The minimum atomic E-state index is -0.297. The molecule has 0 unspecified atom stereocenters. The van der Waals surface area contributed by atoms with Crippen molar-refractivity contribution in [3.05, 3.63) is 35.9 Å². The van der Waals surface area contributed by atoms with Gasteiger partial charge in [-0.2, -0.15) is 0 Å². The standard InChI is InChI=1S/C16H24N2O3/c1-17(12-15-8-5-9-18(15)10-11-19)16(20)21-13-14-6-3-2-4-7-14/h2-4,6-7,15,19H,5,8-13H2,1H3/t15-/m0/s1. The largest absolute Gasteiger partial charge is 0.445 e. The fourth-order valence-corrected chi connectivity index (χ4v) is 2.74. The lowest BCUT2D eigenvalue weighted by Gasteiger charge is -2.27. The molecule has 1 saturated heterocycles. The van der Waals surface area contributed by atoms with Crippen molar-refractivity contribution in [3.8, 4) is 0 Å². The molecular formula is C16H24N2O3. The maximum atomic E-state index is 12.0. The van der Waals surface area contributed by atoms with Crippen molar-refractivity contribution in [3.63, 3.8) is 0 Å². The Morgan fingerprint density at radius 3 is 2.90 bits per heavy atom. The summed E-state index contributed by atoms with van der Waals surface area (Å²) in [4.78, 5) is 15.9. The Kier molecular flexibility index (Phi) is 6.02. The molecule has 21 heavy (non-hydrogen) atoms. The first-order valence-electron chi connectivity index (χ1n) is 7.47. The van der Waals surface area contributed by atoms with Crippen molar-refractivity contribution >= 4 is 6.09 Å². The van der Waals surface area contributed by atoms with Crippen LogP contribution in [0.3, 0.4) is 0 Å². The number of aliphatic hydroxyl groups excluding tert-OH is 1. The van der Waals surface area contributed by atoms with Gasteiger partial charge in [0.05, 0.1) is 6.61 Å². The lowest BCUT2D eigenvalue weighted by molar-refractivity contribution is 0.0919. The highest BCUT2D eigenvalue weighted by Crippen LogP contribution is 2.17. The predicted molar refractivity (Wildman–Crippen MR) is 80.9 cm³/mol. The van der Waals surface area contributed by atoms with Crippen molar-refractivity contribution < 1.29 is 14.6 Å². The van der Waals surface area contributed by atoms with Crippen LogP contribution >= 0.6 is 0 Å². The minimum absolute atomic E-state index is 0.165. The number of benzene rings is 1. The van der Waals surface area contributed by atoms with Crippen LogP contribution in [-0.4, -0.2) is 60.3 Å². The van der Waals surface area contributed by atoms with E-state index >= 15 is 0 Å². The number of hydrogen-bond donors (Lipinski definition) is 1. The predicted octanol–water partition coefficient (Wildman–Crippen LogP) is 1.71. The van der Waals surface area contributed by atoms with Crippen LogP contribution in [0.1, 0.15) is 18.4 Å². The molecule has 1 aliphatic rings. The maximum absolute atomic E-state index is 12.0. The quantitative estimate of drug-likeness (QED) is 0.867. The van der Waals surface area contributed by atoms with Crippen LogP contribution in [0.15, 0.2) is 30.3 Å². The third-order valence-corrected chi connectivity index (χ3v) is 3.89. The first kappa shape index (κ1) is 15.8. The van der Waals surface area contributed by atoms with Gasteiger partial charge in [0.15, 0.2) is 0 Å². The van der Waals surface area contributed by atoms with Gasteiger partial charge in [0.2, 0.25) is 0 Å². The summed E-state index contributed by atoms with van der Waals surface area (Å²) in [5, 5.41) is 9.05. The number of carbonyl (C=O) groups excluding carboxylic acids is 1. The molecule has 1 atom stereocenters. The van der Waals surface area contributed by atoms with Crippen molar-refractivity contribution in [2.75, 3.05) is 33.3 Å². The summed E-state index contributed by atoms with van der Waals surface area (Å²) >= 11 is 0. The number of aliphatic hydroxyl groups is 1. The van der Waals surface area contributed by atoms with Crippen LogP contribution in [0.4, 0.5) is 4.79 Å². The van der Waals surface area contributed by atoms with Gasteiger partial charge in [-0.15, -0.1) is 0 Å².